The Kier molecular flexibility index (Phi) is 3.94. The third kappa shape index (κ3) is 3.05. The lowest BCUT2D eigenvalue weighted by molar-refractivity contribution is -0.117. The maximum absolute atomic E-state index is 11.9. The fourth-order valence-electron chi connectivity index (χ4n) is 2.75. The number of halogens is 1. The molecule has 0 aliphatic heterocycles. The maximum Gasteiger partial charge on any atom is 0.228 e. The molecule has 0 radical (unpaired) electrons. The van der Waals surface area contributed by atoms with E-state index in [1.54, 1.807) is 30.5 Å². The molecule has 3 aromatic rings. The van der Waals surface area contributed by atoms with Gasteiger partial charge in [-0.1, -0.05) is 11.6 Å². The number of nitriles is 1. The summed E-state index contributed by atoms with van der Waals surface area (Å²) in [5.41, 5.74) is 7.74. The number of fused-ring (bicyclic) bond motifs is 1. The van der Waals surface area contributed by atoms with Gasteiger partial charge in [0.15, 0.2) is 0 Å². The van der Waals surface area contributed by atoms with Crippen LogP contribution in [0.25, 0.3) is 22.0 Å². The van der Waals surface area contributed by atoms with Crippen molar-refractivity contribution in [2.45, 2.75) is 12.8 Å². The zero-order chi connectivity index (χ0) is 18.3. The summed E-state index contributed by atoms with van der Waals surface area (Å²) >= 11 is 6.27. The van der Waals surface area contributed by atoms with Crippen LogP contribution in [0, 0.1) is 17.2 Å². The van der Waals surface area contributed by atoms with Crippen molar-refractivity contribution in [1.82, 2.24) is 9.97 Å². The van der Waals surface area contributed by atoms with Gasteiger partial charge in [-0.3, -0.25) is 4.79 Å². The van der Waals surface area contributed by atoms with E-state index in [1.807, 2.05) is 6.07 Å². The molecule has 2 aromatic heterocycles. The Bertz CT molecular complexity index is 1090. The SMILES string of the molecule is N#Cc1ccc(Cl)c(-c2cc3cc(NC(=O)C4CC4)ncc3c(N)n2)c1. The molecule has 3 N–H and O–H groups in total. The Morgan fingerprint density at radius 3 is 2.85 bits per heavy atom. The predicted octanol–water partition coefficient (Wildman–Crippen LogP) is 3.75. The largest absolute Gasteiger partial charge is 0.383 e. The van der Waals surface area contributed by atoms with E-state index < -0.39 is 0 Å². The van der Waals surface area contributed by atoms with Crippen molar-refractivity contribution < 1.29 is 4.79 Å². The minimum Gasteiger partial charge on any atom is -0.383 e. The van der Waals surface area contributed by atoms with E-state index in [4.69, 9.17) is 22.6 Å². The molecule has 1 fully saturated rings. The summed E-state index contributed by atoms with van der Waals surface area (Å²) in [5.74, 6) is 0.869. The smallest absolute Gasteiger partial charge is 0.228 e. The number of benzene rings is 1. The molecule has 6 nitrogen and oxygen atoms in total. The Hall–Kier alpha value is -3.17. The Morgan fingerprint density at radius 2 is 2.12 bits per heavy atom. The second kappa shape index (κ2) is 6.28. The van der Waals surface area contributed by atoms with Crippen molar-refractivity contribution in [2.24, 2.45) is 5.92 Å². The van der Waals surface area contributed by atoms with Gasteiger partial charge in [-0.05, 0) is 48.6 Å². The minimum atomic E-state index is -0.0103. The molecule has 0 bridgehead atoms. The van der Waals surface area contributed by atoms with Crippen LogP contribution in [0.1, 0.15) is 18.4 Å². The van der Waals surface area contributed by atoms with Crippen molar-refractivity contribution in [3.8, 4) is 17.3 Å². The summed E-state index contributed by atoms with van der Waals surface area (Å²) in [4.78, 5) is 20.6. The molecule has 0 unspecified atom stereocenters. The van der Waals surface area contributed by atoms with Crippen molar-refractivity contribution in [3.05, 3.63) is 47.1 Å². The molecule has 4 rings (SSSR count). The third-order valence-electron chi connectivity index (χ3n) is 4.32. The van der Waals surface area contributed by atoms with E-state index in [2.05, 4.69) is 21.4 Å². The van der Waals surface area contributed by atoms with Crippen LogP contribution in [-0.4, -0.2) is 15.9 Å². The summed E-state index contributed by atoms with van der Waals surface area (Å²) in [6, 6.07) is 10.6. The maximum atomic E-state index is 11.9. The van der Waals surface area contributed by atoms with E-state index in [0.29, 0.717) is 38.9 Å². The standard InChI is InChI=1S/C19H14ClN5O/c20-15-4-1-10(8-21)5-13(15)16-6-12-7-17(25-19(26)11-2-3-11)23-9-14(12)18(22)24-16/h1,4-7,9,11H,2-3H2,(H2,22,24)(H,23,25,26). The van der Waals surface area contributed by atoms with Gasteiger partial charge in [0, 0.05) is 23.1 Å². The molecular weight excluding hydrogens is 350 g/mol. The minimum absolute atomic E-state index is 0.0103. The fourth-order valence-corrected chi connectivity index (χ4v) is 2.96. The molecule has 1 saturated carbocycles. The first kappa shape index (κ1) is 16.3. The lowest BCUT2D eigenvalue weighted by Crippen LogP contribution is -2.14. The average Bonchev–Trinajstić information content (AvgIpc) is 3.47. The van der Waals surface area contributed by atoms with Gasteiger partial charge in [0.05, 0.1) is 22.3 Å². The third-order valence-corrected chi connectivity index (χ3v) is 4.65. The first-order valence-electron chi connectivity index (χ1n) is 8.12. The quantitative estimate of drug-likeness (QED) is 0.737. The molecule has 0 saturated heterocycles. The molecule has 1 aromatic carbocycles. The van der Waals surface area contributed by atoms with Crippen LogP contribution >= 0.6 is 11.6 Å². The molecule has 1 aliphatic carbocycles. The van der Waals surface area contributed by atoms with Crippen LogP contribution in [0.3, 0.4) is 0 Å². The molecule has 0 atom stereocenters. The Morgan fingerprint density at radius 1 is 1.31 bits per heavy atom. The predicted molar refractivity (Wildman–Crippen MR) is 100 cm³/mol. The molecule has 1 aliphatic rings. The summed E-state index contributed by atoms with van der Waals surface area (Å²) in [6.07, 6.45) is 3.44. The van der Waals surface area contributed by atoms with Gasteiger partial charge in [-0.2, -0.15) is 5.26 Å². The number of rotatable bonds is 3. The van der Waals surface area contributed by atoms with Crippen molar-refractivity contribution in [2.75, 3.05) is 11.1 Å². The topological polar surface area (TPSA) is 105 Å². The van der Waals surface area contributed by atoms with E-state index in [0.717, 1.165) is 18.2 Å². The Balaban J connectivity index is 1.79. The van der Waals surface area contributed by atoms with Crippen LogP contribution in [0.5, 0.6) is 0 Å². The number of pyridine rings is 2. The van der Waals surface area contributed by atoms with Crippen LogP contribution in [0.2, 0.25) is 5.02 Å². The lowest BCUT2D eigenvalue weighted by Gasteiger charge is -2.10. The normalized spacial score (nSPS) is 13.4. The molecular formula is C19H14ClN5O. The van der Waals surface area contributed by atoms with Gasteiger partial charge in [0.2, 0.25) is 5.91 Å². The number of amides is 1. The number of hydrogen-bond donors (Lipinski definition) is 2. The number of carbonyl (C=O) groups excluding carboxylic acids is 1. The number of anilines is 2. The first-order chi connectivity index (χ1) is 12.5. The van der Waals surface area contributed by atoms with Gasteiger partial charge in [-0.25, -0.2) is 9.97 Å². The van der Waals surface area contributed by atoms with E-state index in [1.165, 1.54) is 0 Å². The summed E-state index contributed by atoms with van der Waals surface area (Å²) in [6.45, 7) is 0. The molecule has 0 spiro atoms. The summed E-state index contributed by atoms with van der Waals surface area (Å²) in [7, 11) is 0. The average molecular weight is 364 g/mol. The van der Waals surface area contributed by atoms with E-state index in [9.17, 15) is 4.79 Å². The van der Waals surface area contributed by atoms with Gasteiger partial charge in [0.25, 0.3) is 0 Å². The second-order valence-electron chi connectivity index (χ2n) is 6.25. The number of carbonyl (C=O) groups is 1. The molecule has 7 heteroatoms. The van der Waals surface area contributed by atoms with E-state index in [-0.39, 0.29) is 11.8 Å². The second-order valence-corrected chi connectivity index (χ2v) is 6.66. The van der Waals surface area contributed by atoms with Gasteiger partial charge in [-0.15, -0.1) is 0 Å². The van der Waals surface area contributed by atoms with Gasteiger partial charge >= 0.3 is 0 Å². The number of nitrogens with one attached hydrogen (secondary N) is 1. The number of nitrogen functional groups attached to an aromatic ring is 1. The first-order valence-corrected chi connectivity index (χ1v) is 8.50. The van der Waals surface area contributed by atoms with E-state index >= 15 is 0 Å². The van der Waals surface area contributed by atoms with Crippen LogP contribution in [0.15, 0.2) is 36.5 Å². The number of aromatic nitrogens is 2. The van der Waals surface area contributed by atoms with Crippen LogP contribution in [-0.2, 0) is 4.79 Å². The highest BCUT2D eigenvalue weighted by atomic mass is 35.5. The molecule has 1 amide bonds. The Labute approximate surface area is 154 Å². The van der Waals surface area contributed by atoms with Crippen molar-refractivity contribution in [3.63, 3.8) is 0 Å². The zero-order valence-electron chi connectivity index (χ0n) is 13.7. The fraction of sp³-hybridized carbons (Fsp3) is 0.158. The lowest BCUT2D eigenvalue weighted by atomic mass is 10.1. The van der Waals surface area contributed by atoms with Gasteiger partial charge < -0.3 is 11.1 Å². The van der Waals surface area contributed by atoms with Crippen LogP contribution < -0.4 is 11.1 Å². The number of nitrogens with two attached hydrogens (primary N) is 1. The van der Waals surface area contributed by atoms with Gasteiger partial charge in [0.1, 0.15) is 11.6 Å². The van der Waals surface area contributed by atoms with Crippen molar-refractivity contribution >= 4 is 39.9 Å². The monoisotopic (exact) mass is 363 g/mol. The molecule has 26 heavy (non-hydrogen) atoms. The number of hydrogen-bond acceptors (Lipinski definition) is 5. The highest BCUT2D eigenvalue weighted by Gasteiger charge is 2.29. The summed E-state index contributed by atoms with van der Waals surface area (Å²) < 4.78 is 0. The highest BCUT2D eigenvalue weighted by Crippen LogP contribution is 2.33. The molecule has 2 heterocycles. The number of nitrogens with zero attached hydrogens (tertiary/aromatic N) is 3. The zero-order valence-corrected chi connectivity index (χ0v) is 14.4. The molecule has 128 valence electrons. The van der Waals surface area contributed by atoms with Crippen molar-refractivity contribution in [1.29, 1.82) is 5.26 Å². The summed E-state index contributed by atoms with van der Waals surface area (Å²) in [5, 5.41) is 13.9. The van der Waals surface area contributed by atoms with Crippen LogP contribution in [0.4, 0.5) is 11.6 Å². The highest BCUT2D eigenvalue weighted by molar-refractivity contribution is 6.33.